The van der Waals surface area contributed by atoms with E-state index < -0.39 is 20.8 Å². The Morgan fingerprint density at radius 1 is 1.27 bits per heavy atom. The minimum absolute atomic E-state index is 0.118. The van der Waals surface area contributed by atoms with Crippen LogP contribution in [0, 0.1) is 6.92 Å². The van der Waals surface area contributed by atoms with Gasteiger partial charge in [-0.05, 0) is 24.6 Å². The van der Waals surface area contributed by atoms with Gasteiger partial charge in [-0.15, -0.1) is 0 Å². The van der Waals surface area contributed by atoms with Crippen LogP contribution in [-0.2, 0) is 19.4 Å². The fourth-order valence-corrected chi connectivity index (χ4v) is 4.03. The monoisotopic (exact) mass is 323 g/mol. The van der Waals surface area contributed by atoms with Gasteiger partial charge in [0.05, 0.1) is 23.8 Å². The minimum Gasteiger partial charge on any atom is -0.378 e. The number of hydrogen-bond donors (Lipinski definition) is 0. The molecule has 7 nitrogen and oxygen atoms in total. The molecule has 0 atom stereocenters. The molecule has 1 aromatic carbocycles. The number of amides is 1. The van der Waals surface area contributed by atoms with Crippen LogP contribution in [0.1, 0.15) is 5.56 Å². The third kappa shape index (κ3) is 2.38. The molecule has 2 aliphatic heterocycles. The number of anilines is 1. The molecule has 0 saturated carbocycles. The van der Waals surface area contributed by atoms with Crippen LogP contribution < -0.4 is 5.01 Å². The van der Waals surface area contributed by atoms with Crippen molar-refractivity contribution in [2.75, 3.05) is 38.4 Å². The van der Waals surface area contributed by atoms with Gasteiger partial charge in [-0.2, -0.15) is 5.10 Å². The average Bonchev–Trinajstić information content (AvgIpc) is 2.51. The highest BCUT2D eigenvalue weighted by atomic mass is 32.2. The van der Waals surface area contributed by atoms with E-state index in [9.17, 15) is 13.2 Å². The lowest BCUT2D eigenvalue weighted by Gasteiger charge is -2.30. The number of aryl methyl sites for hydroxylation is 1. The molecular formula is C14H17N3O4S. The Balaban J connectivity index is 2.03. The van der Waals surface area contributed by atoms with E-state index in [0.717, 1.165) is 5.56 Å². The lowest BCUT2D eigenvalue weighted by atomic mass is 10.2. The SMILES string of the molecule is Cc1ccc2c(c1)N(C)N=C(C(=O)N1CCOCC1)S2(=O)=O. The zero-order valence-corrected chi connectivity index (χ0v) is 13.3. The molecule has 3 rings (SSSR count). The van der Waals surface area contributed by atoms with Crippen molar-refractivity contribution in [3.8, 4) is 0 Å². The molecule has 1 saturated heterocycles. The first kappa shape index (κ1) is 15.0. The van der Waals surface area contributed by atoms with Crippen molar-refractivity contribution in [3.63, 3.8) is 0 Å². The summed E-state index contributed by atoms with van der Waals surface area (Å²) in [5, 5.41) is 5.04. The fraction of sp³-hybridized carbons (Fsp3) is 0.429. The maximum absolute atomic E-state index is 12.7. The number of hydrogen-bond acceptors (Lipinski definition) is 6. The fourth-order valence-electron chi connectivity index (χ4n) is 2.51. The first-order chi connectivity index (χ1) is 10.4. The van der Waals surface area contributed by atoms with E-state index in [4.69, 9.17) is 4.74 Å². The number of hydrazone groups is 1. The summed E-state index contributed by atoms with van der Waals surface area (Å²) in [6.45, 7) is 3.43. The molecule has 0 aromatic heterocycles. The number of ether oxygens (including phenoxy) is 1. The third-order valence-corrected chi connectivity index (χ3v) is 5.42. The van der Waals surface area contributed by atoms with Crippen LogP contribution in [0.25, 0.3) is 0 Å². The normalized spacial score (nSPS) is 20.4. The number of carbonyl (C=O) groups excluding carboxylic acids is 1. The van der Waals surface area contributed by atoms with Crippen LogP contribution in [0.15, 0.2) is 28.2 Å². The Bertz CT molecular complexity index is 751. The third-order valence-electron chi connectivity index (χ3n) is 3.73. The van der Waals surface area contributed by atoms with Gasteiger partial charge in [-0.1, -0.05) is 6.07 Å². The standard InChI is InChI=1S/C14H17N3O4S/c1-10-3-4-12-11(9-10)16(2)15-13(22(12,19)20)14(18)17-5-7-21-8-6-17/h3-4,9H,5-8H2,1-2H3. The summed E-state index contributed by atoms with van der Waals surface area (Å²) in [5.74, 6) is -0.568. The van der Waals surface area contributed by atoms with Gasteiger partial charge < -0.3 is 9.64 Å². The Hall–Kier alpha value is -1.93. The lowest BCUT2D eigenvalue weighted by molar-refractivity contribution is -0.127. The van der Waals surface area contributed by atoms with Crippen molar-refractivity contribution in [1.82, 2.24) is 4.90 Å². The van der Waals surface area contributed by atoms with E-state index in [2.05, 4.69) is 5.10 Å². The van der Waals surface area contributed by atoms with E-state index >= 15 is 0 Å². The van der Waals surface area contributed by atoms with Gasteiger partial charge in [0.1, 0.15) is 0 Å². The molecule has 0 aliphatic carbocycles. The molecule has 1 fully saturated rings. The first-order valence-corrected chi connectivity index (χ1v) is 8.44. The summed E-state index contributed by atoms with van der Waals surface area (Å²) in [5.41, 5.74) is 1.41. The average molecular weight is 323 g/mol. The number of sulfone groups is 1. The van der Waals surface area contributed by atoms with Crippen LogP contribution in [-0.4, -0.2) is 57.6 Å². The van der Waals surface area contributed by atoms with E-state index in [1.807, 2.05) is 6.92 Å². The van der Waals surface area contributed by atoms with Crippen LogP contribution >= 0.6 is 0 Å². The molecule has 8 heteroatoms. The van der Waals surface area contributed by atoms with E-state index in [-0.39, 0.29) is 4.90 Å². The second kappa shape index (κ2) is 5.36. The summed E-state index contributed by atoms with van der Waals surface area (Å²) in [7, 11) is -2.27. The van der Waals surface area contributed by atoms with Crippen molar-refractivity contribution < 1.29 is 17.9 Å². The van der Waals surface area contributed by atoms with E-state index in [1.54, 1.807) is 19.2 Å². The lowest BCUT2D eigenvalue weighted by Crippen LogP contribution is -2.47. The van der Waals surface area contributed by atoms with E-state index in [0.29, 0.717) is 32.0 Å². The Kier molecular flexibility index (Phi) is 3.65. The Labute approximate surface area is 129 Å². The molecule has 0 spiro atoms. The summed E-state index contributed by atoms with van der Waals surface area (Å²) in [4.78, 5) is 14.1. The molecule has 118 valence electrons. The van der Waals surface area contributed by atoms with Crippen LogP contribution in [0.3, 0.4) is 0 Å². The molecule has 2 heterocycles. The second-order valence-corrected chi connectivity index (χ2v) is 7.14. The largest absolute Gasteiger partial charge is 0.378 e. The van der Waals surface area contributed by atoms with Crippen molar-refractivity contribution >= 4 is 26.5 Å². The molecule has 2 aliphatic rings. The summed E-state index contributed by atoms with van der Waals surface area (Å²) < 4.78 is 30.6. The molecule has 0 bridgehead atoms. The quantitative estimate of drug-likeness (QED) is 0.747. The van der Waals surface area contributed by atoms with E-state index in [1.165, 1.54) is 16.0 Å². The van der Waals surface area contributed by atoms with Crippen molar-refractivity contribution in [2.45, 2.75) is 11.8 Å². The zero-order chi connectivity index (χ0) is 15.9. The first-order valence-electron chi connectivity index (χ1n) is 6.96. The van der Waals surface area contributed by atoms with Crippen LogP contribution in [0.2, 0.25) is 0 Å². The van der Waals surface area contributed by atoms with Gasteiger partial charge >= 0.3 is 0 Å². The Morgan fingerprint density at radius 2 is 1.95 bits per heavy atom. The summed E-state index contributed by atoms with van der Waals surface area (Å²) in [6.07, 6.45) is 0. The minimum atomic E-state index is -3.90. The molecular weight excluding hydrogens is 306 g/mol. The number of nitrogens with zero attached hydrogens (tertiary/aromatic N) is 3. The topological polar surface area (TPSA) is 79.3 Å². The smallest absolute Gasteiger partial charge is 0.286 e. The number of fused-ring (bicyclic) bond motifs is 1. The highest BCUT2D eigenvalue weighted by Crippen LogP contribution is 2.32. The molecule has 0 N–H and O–H groups in total. The molecule has 1 aromatic rings. The highest BCUT2D eigenvalue weighted by Gasteiger charge is 2.38. The van der Waals surface area contributed by atoms with Crippen molar-refractivity contribution in [1.29, 1.82) is 0 Å². The zero-order valence-electron chi connectivity index (χ0n) is 12.4. The second-order valence-electron chi connectivity index (χ2n) is 5.31. The predicted octanol–water partition coefficient (Wildman–Crippen LogP) is 0.391. The Morgan fingerprint density at radius 3 is 2.64 bits per heavy atom. The van der Waals surface area contributed by atoms with Crippen molar-refractivity contribution in [2.24, 2.45) is 5.10 Å². The van der Waals surface area contributed by atoms with Gasteiger partial charge in [0.2, 0.25) is 14.9 Å². The van der Waals surface area contributed by atoms with Crippen molar-refractivity contribution in [3.05, 3.63) is 23.8 Å². The molecule has 22 heavy (non-hydrogen) atoms. The van der Waals surface area contributed by atoms with Crippen LogP contribution in [0.5, 0.6) is 0 Å². The van der Waals surface area contributed by atoms with Gasteiger partial charge in [0, 0.05) is 20.1 Å². The summed E-state index contributed by atoms with van der Waals surface area (Å²) >= 11 is 0. The van der Waals surface area contributed by atoms with Gasteiger partial charge in [-0.3, -0.25) is 9.80 Å². The maximum atomic E-state index is 12.7. The summed E-state index contributed by atoms with van der Waals surface area (Å²) in [6, 6.07) is 4.98. The molecule has 0 unspecified atom stereocenters. The predicted molar refractivity (Wildman–Crippen MR) is 81.6 cm³/mol. The highest BCUT2D eigenvalue weighted by molar-refractivity contribution is 8.08. The van der Waals surface area contributed by atoms with Gasteiger partial charge in [0.25, 0.3) is 5.91 Å². The molecule has 1 amide bonds. The number of morpholine rings is 1. The maximum Gasteiger partial charge on any atom is 0.286 e. The van der Waals surface area contributed by atoms with Gasteiger partial charge in [0.15, 0.2) is 0 Å². The number of benzene rings is 1. The number of rotatable bonds is 1. The molecule has 0 radical (unpaired) electrons. The van der Waals surface area contributed by atoms with Gasteiger partial charge in [-0.25, -0.2) is 8.42 Å². The number of carbonyl (C=O) groups is 1. The van der Waals surface area contributed by atoms with Crippen LogP contribution in [0.4, 0.5) is 5.69 Å².